The minimum atomic E-state index is -0.0618. The lowest BCUT2D eigenvalue weighted by Crippen LogP contribution is -2.19. The van der Waals surface area contributed by atoms with Crippen molar-refractivity contribution in [1.29, 1.82) is 0 Å². The molecule has 104 valence electrons. The number of thioether (sulfide) groups is 1. The molecule has 0 aromatic heterocycles. The molecule has 0 amide bonds. The third kappa shape index (κ3) is 2.45. The van der Waals surface area contributed by atoms with E-state index in [-0.39, 0.29) is 11.6 Å². The minimum absolute atomic E-state index is 0.0557. The number of benzene rings is 2. The molecule has 0 heterocycles. The first-order chi connectivity index (χ1) is 10.1. The van der Waals surface area contributed by atoms with Crippen LogP contribution >= 0.6 is 11.8 Å². The van der Waals surface area contributed by atoms with Crippen LogP contribution in [-0.2, 0) is 0 Å². The monoisotopic (exact) mass is 294 g/mol. The summed E-state index contributed by atoms with van der Waals surface area (Å²) in [4.78, 5) is 26.5. The average Bonchev–Trinajstić information content (AvgIpc) is 2.51. The molecule has 0 spiro atoms. The second-order valence-electron chi connectivity index (χ2n) is 5.07. The first kappa shape index (κ1) is 13.8. The first-order valence-electron chi connectivity index (χ1n) is 6.72. The Balaban J connectivity index is 2.02. The van der Waals surface area contributed by atoms with Crippen LogP contribution in [0.5, 0.6) is 0 Å². The van der Waals surface area contributed by atoms with E-state index in [0.717, 1.165) is 4.90 Å². The molecule has 2 aromatic carbocycles. The maximum Gasteiger partial charge on any atom is 0.200 e. The third-order valence-electron chi connectivity index (χ3n) is 3.54. The number of hydrogen-bond donors (Lipinski definition) is 0. The molecule has 2 aromatic rings. The van der Waals surface area contributed by atoms with Gasteiger partial charge in [-0.25, -0.2) is 0 Å². The molecule has 2 nitrogen and oxygen atoms in total. The van der Waals surface area contributed by atoms with Gasteiger partial charge in [0.25, 0.3) is 0 Å². The van der Waals surface area contributed by atoms with Gasteiger partial charge in [-0.1, -0.05) is 53.7 Å². The van der Waals surface area contributed by atoms with Crippen LogP contribution in [0.1, 0.15) is 33.2 Å². The standard InChI is InChI=1S/C18H14O2S/c1-11-7-9-13(10-8-11)21-18-12(2)16(19)14-5-3-4-6-15(14)17(18)20/h3-10H,1-2H3. The summed E-state index contributed by atoms with van der Waals surface area (Å²) < 4.78 is 0. The number of carbonyl (C=O) groups excluding carboxylic acids is 2. The zero-order valence-electron chi connectivity index (χ0n) is 11.8. The van der Waals surface area contributed by atoms with Gasteiger partial charge in [0.2, 0.25) is 5.78 Å². The van der Waals surface area contributed by atoms with Crippen LogP contribution in [0.3, 0.4) is 0 Å². The number of fused-ring (bicyclic) bond motifs is 1. The van der Waals surface area contributed by atoms with E-state index in [2.05, 4.69) is 0 Å². The maximum absolute atomic E-state index is 12.6. The van der Waals surface area contributed by atoms with Crippen LogP contribution in [-0.4, -0.2) is 11.6 Å². The third-order valence-corrected chi connectivity index (χ3v) is 4.75. The fraction of sp³-hybridized carbons (Fsp3) is 0.111. The summed E-state index contributed by atoms with van der Waals surface area (Å²) in [7, 11) is 0. The molecule has 21 heavy (non-hydrogen) atoms. The molecule has 3 rings (SSSR count). The Hall–Kier alpha value is -2.13. The molecular formula is C18H14O2S. The summed E-state index contributed by atoms with van der Waals surface area (Å²) in [5.74, 6) is -0.118. The van der Waals surface area contributed by atoms with Crippen molar-refractivity contribution in [2.45, 2.75) is 18.7 Å². The Morgan fingerprint density at radius 2 is 1.33 bits per heavy atom. The number of rotatable bonds is 2. The van der Waals surface area contributed by atoms with Gasteiger partial charge < -0.3 is 0 Å². The van der Waals surface area contributed by atoms with Crippen LogP contribution < -0.4 is 0 Å². The van der Waals surface area contributed by atoms with Gasteiger partial charge in [-0.05, 0) is 26.0 Å². The zero-order valence-corrected chi connectivity index (χ0v) is 12.7. The highest BCUT2D eigenvalue weighted by Gasteiger charge is 2.29. The van der Waals surface area contributed by atoms with Gasteiger partial charge in [0.1, 0.15) is 0 Å². The number of aryl methyl sites for hydroxylation is 1. The van der Waals surface area contributed by atoms with Gasteiger partial charge in [-0.15, -0.1) is 0 Å². The van der Waals surface area contributed by atoms with Crippen molar-refractivity contribution in [3.63, 3.8) is 0 Å². The number of ketones is 2. The predicted molar refractivity (Wildman–Crippen MR) is 84.8 cm³/mol. The molecule has 1 aliphatic carbocycles. The van der Waals surface area contributed by atoms with Crippen LogP contribution in [0.15, 0.2) is 63.9 Å². The highest BCUT2D eigenvalue weighted by atomic mass is 32.2. The molecule has 0 atom stereocenters. The zero-order chi connectivity index (χ0) is 15.0. The number of hydrogen-bond acceptors (Lipinski definition) is 3. The number of Topliss-reactive ketones (excluding diaryl/α,β-unsaturated/α-hetero) is 2. The first-order valence-corrected chi connectivity index (χ1v) is 7.53. The van der Waals surface area contributed by atoms with Crippen molar-refractivity contribution in [3.8, 4) is 0 Å². The van der Waals surface area contributed by atoms with Gasteiger partial charge in [0, 0.05) is 21.6 Å². The van der Waals surface area contributed by atoms with Crippen LogP contribution in [0.25, 0.3) is 0 Å². The van der Waals surface area contributed by atoms with E-state index in [9.17, 15) is 9.59 Å². The molecule has 0 N–H and O–H groups in total. The molecule has 0 unspecified atom stereocenters. The van der Waals surface area contributed by atoms with E-state index in [4.69, 9.17) is 0 Å². The van der Waals surface area contributed by atoms with E-state index in [1.807, 2.05) is 31.2 Å². The van der Waals surface area contributed by atoms with Crippen molar-refractivity contribution in [1.82, 2.24) is 0 Å². The highest BCUT2D eigenvalue weighted by molar-refractivity contribution is 8.04. The van der Waals surface area contributed by atoms with E-state index in [1.54, 1.807) is 31.2 Å². The molecule has 0 saturated heterocycles. The van der Waals surface area contributed by atoms with Gasteiger partial charge in [-0.2, -0.15) is 0 Å². The molecule has 0 saturated carbocycles. The van der Waals surface area contributed by atoms with Crippen LogP contribution in [0.2, 0.25) is 0 Å². The lowest BCUT2D eigenvalue weighted by molar-refractivity contribution is 0.0981. The summed E-state index contributed by atoms with van der Waals surface area (Å²) >= 11 is 1.37. The van der Waals surface area contributed by atoms with E-state index in [1.165, 1.54) is 17.3 Å². The van der Waals surface area contributed by atoms with Crippen LogP contribution in [0, 0.1) is 6.92 Å². The van der Waals surface area contributed by atoms with E-state index in [0.29, 0.717) is 21.6 Å². The highest BCUT2D eigenvalue weighted by Crippen LogP contribution is 2.36. The number of allylic oxidation sites excluding steroid dienone is 2. The van der Waals surface area contributed by atoms with Crippen molar-refractivity contribution in [2.24, 2.45) is 0 Å². The summed E-state index contributed by atoms with van der Waals surface area (Å²) in [6.45, 7) is 3.75. The SMILES string of the molecule is CC1=C(Sc2ccc(C)cc2)C(=O)c2ccccc2C1=O. The second-order valence-corrected chi connectivity index (χ2v) is 6.16. The molecule has 0 fully saturated rings. The largest absolute Gasteiger partial charge is 0.289 e. The minimum Gasteiger partial charge on any atom is -0.289 e. The smallest absolute Gasteiger partial charge is 0.200 e. The Labute approximate surface area is 127 Å². The molecular weight excluding hydrogens is 280 g/mol. The second kappa shape index (κ2) is 5.34. The fourth-order valence-electron chi connectivity index (χ4n) is 2.32. The van der Waals surface area contributed by atoms with Gasteiger partial charge in [0.05, 0.1) is 4.91 Å². The molecule has 1 aliphatic rings. The summed E-state index contributed by atoms with van der Waals surface area (Å²) in [6, 6.07) is 15.0. The Morgan fingerprint density at radius 3 is 1.95 bits per heavy atom. The van der Waals surface area contributed by atoms with Gasteiger partial charge in [0.15, 0.2) is 5.78 Å². The van der Waals surface area contributed by atoms with E-state index >= 15 is 0 Å². The van der Waals surface area contributed by atoms with Crippen molar-refractivity contribution < 1.29 is 9.59 Å². The van der Waals surface area contributed by atoms with Crippen molar-refractivity contribution in [3.05, 3.63) is 75.7 Å². The Bertz CT molecular complexity index is 770. The molecule has 3 heteroatoms. The fourth-order valence-corrected chi connectivity index (χ4v) is 3.28. The van der Waals surface area contributed by atoms with Crippen LogP contribution in [0.4, 0.5) is 0 Å². The topological polar surface area (TPSA) is 34.1 Å². The quantitative estimate of drug-likeness (QED) is 0.821. The molecule has 0 bridgehead atoms. The van der Waals surface area contributed by atoms with Crippen molar-refractivity contribution in [2.75, 3.05) is 0 Å². The molecule has 0 radical (unpaired) electrons. The maximum atomic E-state index is 12.6. The summed E-state index contributed by atoms with van der Waals surface area (Å²) in [5, 5.41) is 0. The van der Waals surface area contributed by atoms with Crippen molar-refractivity contribution >= 4 is 23.3 Å². The summed E-state index contributed by atoms with van der Waals surface area (Å²) in [5.41, 5.74) is 2.71. The molecule has 0 aliphatic heterocycles. The Morgan fingerprint density at radius 1 is 0.762 bits per heavy atom. The number of carbonyl (C=O) groups is 2. The normalized spacial score (nSPS) is 14.4. The van der Waals surface area contributed by atoms with Gasteiger partial charge >= 0.3 is 0 Å². The predicted octanol–water partition coefficient (Wildman–Crippen LogP) is 4.44. The average molecular weight is 294 g/mol. The lowest BCUT2D eigenvalue weighted by atomic mass is 9.90. The van der Waals surface area contributed by atoms with Gasteiger partial charge in [-0.3, -0.25) is 9.59 Å². The lowest BCUT2D eigenvalue weighted by Gasteiger charge is -2.18. The van der Waals surface area contributed by atoms with E-state index < -0.39 is 0 Å². The summed E-state index contributed by atoms with van der Waals surface area (Å²) in [6.07, 6.45) is 0. The Kier molecular flexibility index (Phi) is 3.52.